The fourth-order valence-corrected chi connectivity index (χ4v) is 4.07. The number of fused-ring (bicyclic) bond motifs is 1. The Morgan fingerprint density at radius 1 is 1.29 bits per heavy atom. The van der Waals surface area contributed by atoms with Gasteiger partial charge < -0.3 is 9.88 Å². The third-order valence-corrected chi connectivity index (χ3v) is 5.49. The summed E-state index contributed by atoms with van der Waals surface area (Å²) >= 11 is 5.78. The average Bonchev–Trinajstić information content (AvgIpc) is 3.19. The highest BCUT2D eigenvalue weighted by atomic mass is 35.5. The van der Waals surface area contributed by atoms with Crippen molar-refractivity contribution in [3.63, 3.8) is 0 Å². The summed E-state index contributed by atoms with van der Waals surface area (Å²) in [5, 5.41) is 4.00. The lowest BCUT2D eigenvalue weighted by molar-refractivity contribution is 0.214. The number of likely N-dealkylation sites (tertiary alicyclic amines) is 1. The number of hydrogen-bond acceptors (Lipinski definition) is 2. The van der Waals surface area contributed by atoms with Gasteiger partial charge in [-0.15, -0.1) is 0 Å². The molecule has 1 saturated heterocycles. The van der Waals surface area contributed by atoms with Gasteiger partial charge in [0.05, 0.1) is 6.20 Å². The molecule has 0 unspecified atom stereocenters. The van der Waals surface area contributed by atoms with Gasteiger partial charge in [-0.3, -0.25) is 0 Å². The Labute approximate surface area is 146 Å². The fraction of sp³-hybridized carbons (Fsp3) is 0.500. The van der Waals surface area contributed by atoms with Crippen LogP contribution >= 0.6 is 11.8 Å². The number of aromatic amines is 1. The second-order valence-corrected chi connectivity index (χ2v) is 7.18. The van der Waals surface area contributed by atoms with E-state index < -0.39 is 0 Å². The highest BCUT2D eigenvalue weighted by molar-refractivity contribution is 6.14. The SMILES string of the molecule is FC1=Cc2c(C3CCN(CCc4cnn(Cl)c4)CC3)c[nH]c2CC1. The summed E-state index contributed by atoms with van der Waals surface area (Å²) in [7, 11) is 0. The Kier molecular flexibility index (Phi) is 4.46. The second-order valence-electron chi connectivity index (χ2n) is 6.83. The van der Waals surface area contributed by atoms with Crippen LogP contribution in [0.1, 0.15) is 47.6 Å². The summed E-state index contributed by atoms with van der Waals surface area (Å²) < 4.78 is 15.0. The summed E-state index contributed by atoms with van der Waals surface area (Å²) in [4.78, 5) is 5.86. The Morgan fingerprint density at radius 2 is 2.12 bits per heavy atom. The fourth-order valence-electron chi connectivity index (χ4n) is 3.90. The summed E-state index contributed by atoms with van der Waals surface area (Å²) in [6.07, 6.45) is 12.1. The molecule has 3 heterocycles. The third kappa shape index (κ3) is 3.28. The molecule has 1 aliphatic heterocycles. The van der Waals surface area contributed by atoms with E-state index in [1.165, 1.54) is 21.0 Å². The minimum Gasteiger partial charge on any atom is -0.364 e. The van der Waals surface area contributed by atoms with Crippen LogP contribution in [-0.4, -0.2) is 38.8 Å². The first-order chi connectivity index (χ1) is 11.7. The number of H-pyrrole nitrogens is 1. The topological polar surface area (TPSA) is 36.9 Å². The molecule has 0 bridgehead atoms. The standard InChI is InChI=1S/C18H22ClFN4/c19-24-12-13(10-22-24)3-6-23-7-4-14(5-8-23)17-11-21-18-2-1-15(20)9-16(17)18/h9-12,14,21H,1-8H2. The van der Waals surface area contributed by atoms with Crippen LogP contribution in [0, 0.1) is 0 Å². The van der Waals surface area contributed by atoms with Crippen LogP contribution in [0.15, 0.2) is 24.4 Å². The van der Waals surface area contributed by atoms with Crippen LogP contribution in [0.4, 0.5) is 4.39 Å². The van der Waals surface area contributed by atoms with E-state index in [4.69, 9.17) is 11.8 Å². The van der Waals surface area contributed by atoms with Gasteiger partial charge in [0.15, 0.2) is 0 Å². The molecular formula is C18H22ClFN4. The maximum atomic E-state index is 13.6. The van der Waals surface area contributed by atoms with Crippen molar-refractivity contribution < 1.29 is 4.39 Å². The van der Waals surface area contributed by atoms with E-state index in [1.54, 1.807) is 6.08 Å². The molecule has 1 fully saturated rings. The molecular weight excluding hydrogens is 327 g/mol. The smallest absolute Gasteiger partial charge is 0.101 e. The number of rotatable bonds is 4. The zero-order valence-corrected chi connectivity index (χ0v) is 14.4. The van der Waals surface area contributed by atoms with Crippen LogP contribution < -0.4 is 0 Å². The minimum absolute atomic E-state index is 0.0145. The number of piperidine rings is 1. The zero-order valence-electron chi connectivity index (χ0n) is 13.6. The largest absolute Gasteiger partial charge is 0.364 e. The van der Waals surface area contributed by atoms with E-state index in [0.717, 1.165) is 50.9 Å². The molecule has 0 radical (unpaired) electrons. The van der Waals surface area contributed by atoms with E-state index in [0.29, 0.717) is 12.3 Å². The van der Waals surface area contributed by atoms with Crippen molar-refractivity contribution in [3.05, 3.63) is 46.8 Å². The van der Waals surface area contributed by atoms with Crippen LogP contribution in [-0.2, 0) is 12.8 Å². The molecule has 2 aliphatic rings. The molecule has 1 N–H and O–H groups in total. The Hall–Kier alpha value is -1.59. The van der Waals surface area contributed by atoms with Crippen molar-refractivity contribution in [2.45, 2.75) is 38.0 Å². The van der Waals surface area contributed by atoms with Crippen molar-refractivity contribution >= 4 is 17.9 Å². The lowest BCUT2D eigenvalue weighted by Gasteiger charge is -2.32. The molecule has 0 saturated carbocycles. The number of hydrogen-bond donors (Lipinski definition) is 1. The Morgan fingerprint density at radius 3 is 2.88 bits per heavy atom. The van der Waals surface area contributed by atoms with Gasteiger partial charge in [-0.25, -0.2) is 4.39 Å². The summed E-state index contributed by atoms with van der Waals surface area (Å²) in [6.45, 7) is 3.22. The number of aromatic nitrogens is 3. The maximum Gasteiger partial charge on any atom is 0.101 e. The number of halogens is 2. The van der Waals surface area contributed by atoms with Crippen LogP contribution in [0.2, 0.25) is 0 Å². The predicted molar refractivity (Wildman–Crippen MR) is 93.8 cm³/mol. The first kappa shape index (κ1) is 15.9. The van der Waals surface area contributed by atoms with Gasteiger partial charge in [-0.1, -0.05) is 0 Å². The highest BCUT2D eigenvalue weighted by Crippen LogP contribution is 2.35. The molecule has 2 aromatic rings. The summed E-state index contributed by atoms with van der Waals surface area (Å²) in [5.41, 5.74) is 4.80. The van der Waals surface area contributed by atoms with Crippen molar-refractivity contribution in [3.8, 4) is 0 Å². The Bertz CT molecular complexity index is 740. The number of nitrogens with one attached hydrogen (secondary N) is 1. The monoisotopic (exact) mass is 348 g/mol. The first-order valence-corrected chi connectivity index (χ1v) is 9.01. The molecule has 4 nitrogen and oxygen atoms in total. The van der Waals surface area contributed by atoms with Gasteiger partial charge in [0, 0.05) is 48.4 Å². The van der Waals surface area contributed by atoms with Gasteiger partial charge in [0.25, 0.3) is 0 Å². The molecule has 0 amide bonds. The number of allylic oxidation sites excluding steroid dienone is 1. The van der Waals surface area contributed by atoms with Crippen molar-refractivity contribution in [1.29, 1.82) is 0 Å². The van der Waals surface area contributed by atoms with Gasteiger partial charge >= 0.3 is 0 Å². The first-order valence-electron chi connectivity index (χ1n) is 8.67. The van der Waals surface area contributed by atoms with Crippen LogP contribution in [0.25, 0.3) is 6.08 Å². The van der Waals surface area contributed by atoms with Crippen molar-refractivity contribution in [1.82, 2.24) is 19.2 Å². The van der Waals surface area contributed by atoms with E-state index in [1.807, 2.05) is 12.4 Å². The summed E-state index contributed by atoms with van der Waals surface area (Å²) in [6, 6.07) is 0. The molecule has 0 spiro atoms. The number of nitrogens with zero attached hydrogens (tertiary/aromatic N) is 3. The van der Waals surface area contributed by atoms with Crippen LogP contribution in [0.5, 0.6) is 0 Å². The van der Waals surface area contributed by atoms with Crippen molar-refractivity contribution in [2.75, 3.05) is 19.6 Å². The number of aryl methyl sites for hydroxylation is 1. The zero-order chi connectivity index (χ0) is 16.5. The lowest BCUT2D eigenvalue weighted by Crippen LogP contribution is -2.34. The van der Waals surface area contributed by atoms with Crippen LogP contribution in [0.3, 0.4) is 0 Å². The van der Waals surface area contributed by atoms with E-state index >= 15 is 0 Å². The molecule has 128 valence electrons. The molecule has 0 atom stereocenters. The molecule has 2 aromatic heterocycles. The third-order valence-electron chi connectivity index (χ3n) is 5.30. The van der Waals surface area contributed by atoms with Gasteiger partial charge in [0.1, 0.15) is 5.83 Å². The van der Waals surface area contributed by atoms with E-state index in [2.05, 4.69) is 21.2 Å². The normalized spacial score (nSPS) is 19.3. The van der Waals surface area contributed by atoms with Crippen molar-refractivity contribution in [2.24, 2.45) is 0 Å². The average molecular weight is 349 g/mol. The van der Waals surface area contributed by atoms with E-state index in [9.17, 15) is 4.39 Å². The molecule has 0 aromatic carbocycles. The summed E-state index contributed by atoms with van der Waals surface area (Å²) in [5.74, 6) is 0.551. The molecule has 24 heavy (non-hydrogen) atoms. The van der Waals surface area contributed by atoms with Gasteiger partial charge in [-0.05, 0) is 61.9 Å². The quantitative estimate of drug-likeness (QED) is 0.910. The van der Waals surface area contributed by atoms with Gasteiger partial charge in [-0.2, -0.15) is 9.30 Å². The second kappa shape index (κ2) is 6.73. The molecule has 4 rings (SSSR count). The maximum absolute atomic E-state index is 13.6. The highest BCUT2D eigenvalue weighted by Gasteiger charge is 2.25. The minimum atomic E-state index is 0.0145. The molecule has 6 heteroatoms. The Balaban J connectivity index is 1.34. The van der Waals surface area contributed by atoms with Gasteiger partial charge in [0.2, 0.25) is 0 Å². The predicted octanol–water partition coefficient (Wildman–Crippen LogP) is 3.89. The van der Waals surface area contributed by atoms with E-state index in [-0.39, 0.29) is 5.83 Å². The molecule has 1 aliphatic carbocycles. The lowest BCUT2D eigenvalue weighted by atomic mass is 9.86.